The summed E-state index contributed by atoms with van der Waals surface area (Å²) in [4.78, 5) is 29.1. The Bertz CT molecular complexity index is 719. The van der Waals surface area contributed by atoms with Gasteiger partial charge in [0.1, 0.15) is 11.3 Å². The summed E-state index contributed by atoms with van der Waals surface area (Å²) in [7, 11) is 0. The number of carbonyl (C=O) groups is 2. The third-order valence-electron chi connectivity index (χ3n) is 5.83. The van der Waals surface area contributed by atoms with E-state index in [1.165, 1.54) is 0 Å². The zero-order valence-corrected chi connectivity index (χ0v) is 15.6. The van der Waals surface area contributed by atoms with Crippen molar-refractivity contribution in [3.8, 4) is 0 Å². The van der Waals surface area contributed by atoms with Crippen LogP contribution in [0.5, 0.6) is 0 Å². The number of amides is 2. The van der Waals surface area contributed by atoms with Crippen molar-refractivity contribution in [2.45, 2.75) is 44.2 Å². The van der Waals surface area contributed by atoms with Gasteiger partial charge in [0, 0.05) is 19.2 Å². The van der Waals surface area contributed by atoms with Crippen LogP contribution in [0.15, 0.2) is 42.2 Å². The van der Waals surface area contributed by atoms with Gasteiger partial charge in [-0.3, -0.25) is 9.69 Å². The summed E-state index contributed by atoms with van der Waals surface area (Å²) in [5.74, 6) is 0.437. The summed E-state index contributed by atoms with van der Waals surface area (Å²) in [5.41, 5.74) is 0.577. The first kappa shape index (κ1) is 18.0. The molecule has 0 atom stereocenters. The van der Waals surface area contributed by atoms with Crippen LogP contribution < -0.4 is 0 Å². The fraction of sp³-hybridized carbons (Fsp3) is 0.524. The molecule has 1 saturated carbocycles. The van der Waals surface area contributed by atoms with E-state index in [0.717, 1.165) is 37.7 Å². The Labute approximate surface area is 159 Å². The summed E-state index contributed by atoms with van der Waals surface area (Å²) >= 11 is 0. The average Bonchev–Trinajstić information content (AvgIpc) is 2.95. The first-order valence-electron chi connectivity index (χ1n) is 9.81. The maximum Gasteiger partial charge on any atom is 0.416 e. The molecule has 1 aromatic rings. The summed E-state index contributed by atoms with van der Waals surface area (Å²) in [6.45, 7) is 2.78. The van der Waals surface area contributed by atoms with Gasteiger partial charge < -0.3 is 14.4 Å². The first-order valence-corrected chi connectivity index (χ1v) is 9.81. The number of morpholine rings is 1. The Kier molecular flexibility index (Phi) is 5.16. The molecule has 0 aromatic heterocycles. The molecule has 1 aliphatic carbocycles. The molecule has 144 valence electrons. The average molecular weight is 370 g/mol. The van der Waals surface area contributed by atoms with Gasteiger partial charge in [0.15, 0.2) is 0 Å². The van der Waals surface area contributed by atoms with E-state index in [4.69, 9.17) is 9.47 Å². The van der Waals surface area contributed by atoms with E-state index < -0.39 is 5.54 Å². The van der Waals surface area contributed by atoms with E-state index in [-0.39, 0.29) is 12.0 Å². The highest BCUT2D eigenvalue weighted by Gasteiger charge is 2.52. The SMILES string of the molecule is O=C(/C=C1\OC(=O)N(Cc2ccccc2)C12CCCCC2)N1CCOCC1. The highest BCUT2D eigenvalue weighted by molar-refractivity contribution is 5.90. The van der Waals surface area contributed by atoms with Gasteiger partial charge in [0.25, 0.3) is 0 Å². The predicted molar refractivity (Wildman–Crippen MR) is 99.8 cm³/mol. The van der Waals surface area contributed by atoms with Gasteiger partial charge in [-0.15, -0.1) is 0 Å². The molecule has 2 aliphatic heterocycles. The van der Waals surface area contributed by atoms with Gasteiger partial charge in [0.2, 0.25) is 5.91 Å². The second kappa shape index (κ2) is 7.72. The van der Waals surface area contributed by atoms with Crippen LogP contribution in [0.4, 0.5) is 4.79 Å². The fourth-order valence-corrected chi connectivity index (χ4v) is 4.34. The molecule has 0 radical (unpaired) electrons. The second-order valence-corrected chi connectivity index (χ2v) is 7.48. The second-order valence-electron chi connectivity index (χ2n) is 7.48. The highest BCUT2D eigenvalue weighted by Crippen LogP contribution is 2.45. The van der Waals surface area contributed by atoms with Crippen LogP contribution in [-0.4, -0.2) is 53.6 Å². The lowest BCUT2D eigenvalue weighted by atomic mass is 9.79. The molecule has 0 N–H and O–H groups in total. The lowest BCUT2D eigenvalue weighted by molar-refractivity contribution is -0.130. The molecule has 2 amide bonds. The van der Waals surface area contributed by atoms with Crippen molar-refractivity contribution < 1.29 is 19.1 Å². The minimum atomic E-state index is -0.493. The Morgan fingerprint density at radius 2 is 1.78 bits per heavy atom. The molecule has 0 bridgehead atoms. The van der Waals surface area contributed by atoms with Gasteiger partial charge in [0.05, 0.1) is 19.8 Å². The molecule has 1 spiro atoms. The van der Waals surface area contributed by atoms with Crippen molar-refractivity contribution in [2.24, 2.45) is 0 Å². The van der Waals surface area contributed by atoms with Crippen LogP contribution >= 0.6 is 0 Å². The number of ether oxygens (including phenoxy) is 2. The molecular formula is C21H26N2O4. The number of carbonyl (C=O) groups excluding carboxylic acids is 2. The highest BCUT2D eigenvalue weighted by atomic mass is 16.6. The molecule has 6 heteroatoms. The molecule has 0 unspecified atom stereocenters. The number of benzene rings is 1. The Morgan fingerprint density at radius 3 is 2.48 bits per heavy atom. The summed E-state index contributed by atoms with van der Waals surface area (Å²) in [6, 6.07) is 9.95. The third-order valence-corrected chi connectivity index (χ3v) is 5.83. The molecule has 1 aromatic carbocycles. The van der Waals surface area contributed by atoms with E-state index in [0.29, 0.717) is 38.6 Å². The molecule has 3 fully saturated rings. The van der Waals surface area contributed by atoms with Crippen molar-refractivity contribution in [1.82, 2.24) is 9.80 Å². The van der Waals surface area contributed by atoms with E-state index in [1.807, 2.05) is 35.2 Å². The maximum atomic E-state index is 12.7. The maximum absolute atomic E-state index is 12.7. The van der Waals surface area contributed by atoms with Gasteiger partial charge in [-0.2, -0.15) is 0 Å². The number of hydrogen-bond acceptors (Lipinski definition) is 4. The molecule has 27 heavy (non-hydrogen) atoms. The van der Waals surface area contributed by atoms with Crippen molar-refractivity contribution in [2.75, 3.05) is 26.3 Å². The van der Waals surface area contributed by atoms with Crippen molar-refractivity contribution in [3.63, 3.8) is 0 Å². The van der Waals surface area contributed by atoms with Crippen molar-refractivity contribution >= 4 is 12.0 Å². The zero-order chi connectivity index (χ0) is 18.7. The normalized spacial score (nSPS) is 23.7. The van der Waals surface area contributed by atoms with Gasteiger partial charge in [-0.05, 0) is 18.4 Å². The van der Waals surface area contributed by atoms with Gasteiger partial charge >= 0.3 is 6.09 Å². The summed E-state index contributed by atoms with van der Waals surface area (Å²) < 4.78 is 11.0. The summed E-state index contributed by atoms with van der Waals surface area (Å²) in [5, 5.41) is 0. The number of cyclic esters (lactones) is 1. The van der Waals surface area contributed by atoms with E-state index >= 15 is 0 Å². The minimum Gasteiger partial charge on any atom is -0.412 e. The lowest BCUT2D eigenvalue weighted by Gasteiger charge is -2.39. The Balaban J connectivity index is 1.62. The van der Waals surface area contributed by atoms with Crippen molar-refractivity contribution in [1.29, 1.82) is 0 Å². The molecule has 3 aliphatic rings. The van der Waals surface area contributed by atoms with Gasteiger partial charge in [-0.25, -0.2) is 4.79 Å². The van der Waals surface area contributed by atoms with Crippen LogP contribution in [-0.2, 0) is 20.8 Å². The smallest absolute Gasteiger partial charge is 0.412 e. The Hall–Kier alpha value is -2.34. The minimum absolute atomic E-state index is 0.0902. The molecular weight excluding hydrogens is 344 g/mol. The largest absolute Gasteiger partial charge is 0.416 e. The van der Waals surface area contributed by atoms with Crippen LogP contribution in [0.1, 0.15) is 37.7 Å². The number of rotatable bonds is 3. The fourth-order valence-electron chi connectivity index (χ4n) is 4.34. The van der Waals surface area contributed by atoms with Gasteiger partial charge in [-0.1, -0.05) is 49.6 Å². The molecule has 4 rings (SSSR count). The van der Waals surface area contributed by atoms with E-state index in [2.05, 4.69) is 0 Å². The standard InChI is InChI=1S/C21H26N2O4/c24-19(22-11-13-26-14-12-22)15-18-21(9-5-2-6-10-21)23(20(25)27-18)16-17-7-3-1-4-8-17/h1,3-4,7-8,15H,2,5-6,9-14,16H2/b18-15-. The van der Waals surface area contributed by atoms with E-state index in [9.17, 15) is 9.59 Å². The lowest BCUT2D eigenvalue weighted by Crippen LogP contribution is -2.47. The van der Waals surface area contributed by atoms with Crippen LogP contribution in [0, 0.1) is 0 Å². The van der Waals surface area contributed by atoms with Crippen molar-refractivity contribution in [3.05, 3.63) is 47.7 Å². The zero-order valence-electron chi connectivity index (χ0n) is 15.6. The number of nitrogens with zero attached hydrogens (tertiary/aromatic N) is 2. The first-order chi connectivity index (χ1) is 13.2. The van der Waals surface area contributed by atoms with Crippen LogP contribution in [0.3, 0.4) is 0 Å². The quantitative estimate of drug-likeness (QED) is 0.767. The van der Waals surface area contributed by atoms with Crippen LogP contribution in [0.2, 0.25) is 0 Å². The Morgan fingerprint density at radius 1 is 1.07 bits per heavy atom. The molecule has 2 heterocycles. The van der Waals surface area contributed by atoms with E-state index in [1.54, 1.807) is 11.0 Å². The number of hydrogen-bond donors (Lipinski definition) is 0. The molecule has 2 saturated heterocycles. The third kappa shape index (κ3) is 3.58. The monoisotopic (exact) mass is 370 g/mol. The summed E-state index contributed by atoms with van der Waals surface area (Å²) in [6.07, 6.45) is 6.11. The van der Waals surface area contributed by atoms with Crippen LogP contribution in [0.25, 0.3) is 0 Å². The molecule has 6 nitrogen and oxygen atoms in total. The topological polar surface area (TPSA) is 59.1 Å². The predicted octanol–water partition coefficient (Wildman–Crippen LogP) is 3.08.